The summed E-state index contributed by atoms with van der Waals surface area (Å²) in [5.41, 5.74) is 1.72. The zero-order valence-electron chi connectivity index (χ0n) is 15.3. The Morgan fingerprint density at radius 2 is 1.87 bits per heavy atom. The van der Waals surface area contributed by atoms with Crippen LogP contribution in [0.15, 0.2) is 35.7 Å². The Hall–Kier alpha value is -3.93. The highest BCUT2D eigenvalue weighted by Gasteiger charge is 2.43. The molecule has 0 radical (unpaired) electrons. The van der Waals surface area contributed by atoms with Crippen molar-refractivity contribution < 1.29 is 32.5 Å². The molecule has 2 aliphatic rings. The number of hydrogen-bond acceptors (Lipinski definition) is 8. The van der Waals surface area contributed by atoms with Gasteiger partial charge in [-0.1, -0.05) is 0 Å². The summed E-state index contributed by atoms with van der Waals surface area (Å²) in [5, 5.41) is 4.87. The number of benzene rings is 2. The Bertz CT molecular complexity index is 1320. The number of carbonyl (C=O) groups excluding carboxylic acids is 1. The number of nitrogens with zero attached hydrogens (tertiary/aromatic N) is 2. The molecule has 0 saturated carbocycles. The number of amides is 1. The molecule has 0 atom stereocenters. The third-order valence-corrected chi connectivity index (χ3v) is 5.48. The maximum Gasteiger partial charge on any atom is 0.586 e. The molecule has 1 amide bonds. The highest BCUT2D eigenvalue weighted by molar-refractivity contribution is 7.13. The molecule has 6 rings (SSSR count). The number of imidazole rings is 1. The molecule has 0 unspecified atom stereocenters. The molecule has 4 heterocycles. The van der Waals surface area contributed by atoms with Gasteiger partial charge in [-0.25, -0.2) is 9.97 Å². The number of anilines is 1. The smallest absolute Gasteiger partial charge is 0.454 e. The van der Waals surface area contributed by atoms with Crippen LogP contribution in [0.5, 0.6) is 23.0 Å². The van der Waals surface area contributed by atoms with E-state index in [2.05, 4.69) is 29.7 Å². The van der Waals surface area contributed by atoms with Crippen LogP contribution in [0.4, 0.5) is 14.7 Å². The molecular weight excluding hydrogens is 434 g/mol. The lowest BCUT2D eigenvalue weighted by atomic mass is 10.2. The lowest BCUT2D eigenvalue weighted by Gasteiger charge is -2.04. The molecule has 31 heavy (non-hydrogen) atoms. The van der Waals surface area contributed by atoms with Crippen molar-refractivity contribution in [3.05, 3.63) is 41.4 Å². The molecule has 4 aromatic rings. The van der Waals surface area contributed by atoms with Crippen LogP contribution >= 0.6 is 11.3 Å². The molecule has 156 valence electrons. The average Bonchev–Trinajstić information content (AvgIpc) is 3.49. The van der Waals surface area contributed by atoms with Crippen LogP contribution < -0.4 is 24.3 Å². The number of hydrogen-bond donors (Lipinski definition) is 2. The minimum absolute atomic E-state index is 0.119. The molecule has 0 spiro atoms. The molecule has 0 bridgehead atoms. The van der Waals surface area contributed by atoms with E-state index in [0.29, 0.717) is 27.5 Å². The van der Waals surface area contributed by atoms with Gasteiger partial charge in [0, 0.05) is 23.1 Å². The summed E-state index contributed by atoms with van der Waals surface area (Å²) in [7, 11) is 0. The van der Waals surface area contributed by atoms with E-state index in [1.54, 1.807) is 17.5 Å². The van der Waals surface area contributed by atoms with Crippen LogP contribution in [-0.4, -0.2) is 33.9 Å². The SMILES string of the molecule is O=C(Nc1nc2cc3c(cc2[nH]1)OC(F)(F)O3)c1csc(-c2ccc3c(c2)OCO3)n1. The van der Waals surface area contributed by atoms with Crippen molar-refractivity contribution in [1.29, 1.82) is 0 Å². The normalized spacial score (nSPS) is 15.4. The minimum atomic E-state index is -3.71. The fourth-order valence-corrected chi connectivity index (χ4v) is 4.02. The second-order valence-corrected chi connectivity index (χ2v) is 7.49. The van der Waals surface area contributed by atoms with E-state index in [-0.39, 0.29) is 29.9 Å². The minimum Gasteiger partial charge on any atom is -0.454 e. The number of halogens is 2. The number of alkyl halides is 2. The van der Waals surface area contributed by atoms with Gasteiger partial charge in [-0.05, 0) is 18.2 Å². The molecule has 2 aromatic heterocycles. The first-order valence-electron chi connectivity index (χ1n) is 8.90. The first-order chi connectivity index (χ1) is 14.9. The molecule has 9 nitrogen and oxygen atoms in total. The van der Waals surface area contributed by atoms with Gasteiger partial charge in [0.2, 0.25) is 12.7 Å². The van der Waals surface area contributed by atoms with E-state index in [9.17, 15) is 13.6 Å². The highest BCUT2D eigenvalue weighted by atomic mass is 32.1. The summed E-state index contributed by atoms with van der Waals surface area (Å²) in [6, 6.07) is 8.05. The van der Waals surface area contributed by atoms with Gasteiger partial charge in [0.15, 0.2) is 23.0 Å². The molecule has 2 N–H and O–H groups in total. The Balaban J connectivity index is 1.22. The predicted octanol–water partition coefficient (Wildman–Crippen LogP) is 3.99. The lowest BCUT2D eigenvalue weighted by Crippen LogP contribution is -2.25. The average molecular weight is 444 g/mol. The second kappa shape index (κ2) is 6.28. The van der Waals surface area contributed by atoms with Crippen molar-refractivity contribution in [2.75, 3.05) is 12.1 Å². The topological polar surface area (TPSA) is 108 Å². The summed E-state index contributed by atoms with van der Waals surface area (Å²) < 4.78 is 45.8. The van der Waals surface area contributed by atoms with E-state index in [4.69, 9.17) is 9.47 Å². The number of fused-ring (bicyclic) bond motifs is 3. The maximum atomic E-state index is 13.2. The number of rotatable bonds is 3. The summed E-state index contributed by atoms with van der Waals surface area (Å²) in [6.07, 6.45) is -3.71. The Morgan fingerprint density at radius 1 is 1.06 bits per heavy atom. The van der Waals surface area contributed by atoms with Gasteiger partial charge < -0.3 is 23.9 Å². The number of ether oxygens (including phenoxy) is 4. The zero-order chi connectivity index (χ0) is 21.2. The lowest BCUT2D eigenvalue weighted by molar-refractivity contribution is -0.286. The number of H-pyrrole nitrogens is 1. The first kappa shape index (κ1) is 17.9. The Labute approximate surface area is 175 Å². The van der Waals surface area contributed by atoms with Gasteiger partial charge in [-0.3, -0.25) is 10.1 Å². The van der Waals surface area contributed by atoms with Crippen LogP contribution in [0, 0.1) is 0 Å². The molecule has 0 saturated heterocycles. The number of carbonyl (C=O) groups is 1. The Kier molecular flexibility index (Phi) is 3.63. The zero-order valence-corrected chi connectivity index (χ0v) is 16.1. The third-order valence-electron chi connectivity index (χ3n) is 4.59. The molecule has 2 aliphatic heterocycles. The largest absolute Gasteiger partial charge is 0.586 e. The third kappa shape index (κ3) is 3.08. The van der Waals surface area contributed by atoms with E-state index in [1.807, 2.05) is 6.07 Å². The van der Waals surface area contributed by atoms with Gasteiger partial charge in [0.25, 0.3) is 5.91 Å². The van der Waals surface area contributed by atoms with E-state index >= 15 is 0 Å². The summed E-state index contributed by atoms with van der Waals surface area (Å²) in [4.78, 5) is 24.0. The van der Waals surface area contributed by atoms with Gasteiger partial charge in [-0.2, -0.15) is 0 Å². The van der Waals surface area contributed by atoms with Crippen molar-refractivity contribution in [1.82, 2.24) is 15.0 Å². The summed E-state index contributed by atoms with van der Waals surface area (Å²) in [6.45, 7) is 0.172. The van der Waals surface area contributed by atoms with Crippen molar-refractivity contribution >= 4 is 34.2 Å². The molecule has 12 heteroatoms. The van der Waals surface area contributed by atoms with Crippen LogP contribution in [0.1, 0.15) is 10.5 Å². The summed E-state index contributed by atoms with van der Waals surface area (Å²) >= 11 is 1.30. The standard InChI is InChI=1S/C19H10F2N4O5S/c20-19(21)29-14-4-9-10(5-15(14)30-19)24-18(23-9)25-16(26)11-6-31-17(22-11)8-1-2-12-13(3-8)28-7-27-12/h1-6H,7H2,(H2,23,24,25,26). The Morgan fingerprint density at radius 3 is 2.74 bits per heavy atom. The maximum absolute atomic E-state index is 13.2. The van der Waals surface area contributed by atoms with Crippen LogP contribution in [0.25, 0.3) is 21.6 Å². The second-order valence-electron chi connectivity index (χ2n) is 6.63. The van der Waals surface area contributed by atoms with Gasteiger partial charge in [0.05, 0.1) is 11.0 Å². The molecule has 2 aromatic carbocycles. The van der Waals surface area contributed by atoms with Crippen LogP contribution in [0.3, 0.4) is 0 Å². The van der Waals surface area contributed by atoms with Gasteiger partial charge in [-0.15, -0.1) is 20.1 Å². The van der Waals surface area contributed by atoms with E-state index in [1.165, 1.54) is 23.5 Å². The summed E-state index contributed by atoms with van der Waals surface area (Å²) in [5.74, 6) is 0.691. The van der Waals surface area contributed by atoms with Crippen molar-refractivity contribution in [3.8, 4) is 33.6 Å². The predicted molar refractivity (Wildman–Crippen MR) is 104 cm³/mol. The van der Waals surface area contributed by atoms with Gasteiger partial charge >= 0.3 is 6.29 Å². The van der Waals surface area contributed by atoms with Gasteiger partial charge in [0.1, 0.15) is 10.7 Å². The fraction of sp³-hybridized carbons (Fsp3) is 0.105. The highest BCUT2D eigenvalue weighted by Crippen LogP contribution is 2.43. The number of nitrogens with one attached hydrogen (secondary N) is 2. The van der Waals surface area contributed by atoms with Crippen molar-refractivity contribution in [2.24, 2.45) is 0 Å². The molecule has 0 fully saturated rings. The van der Waals surface area contributed by atoms with Crippen LogP contribution in [-0.2, 0) is 0 Å². The van der Waals surface area contributed by atoms with Crippen LogP contribution in [0.2, 0.25) is 0 Å². The molecular formula is C19H10F2N4O5S. The fourth-order valence-electron chi connectivity index (χ4n) is 3.23. The first-order valence-corrected chi connectivity index (χ1v) is 9.78. The monoisotopic (exact) mass is 444 g/mol. The number of aromatic nitrogens is 3. The number of thiazole rings is 1. The molecule has 0 aliphatic carbocycles. The number of aromatic amines is 1. The van der Waals surface area contributed by atoms with Crippen molar-refractivity contribution in [2.45, 2.75) is 6.29 Å². The van der Waals surface area contributed by atoms with E-state index < -0.39 is 12.2 Å². The van der Waals surface area contributed by atoms with E-state index in [0.717, 1.165) is 5.56 Å². The quantitative estimate of drug-likeness (QED) is 0.492. The van der Waals surface area contributed by atoms with Crippen molar-refractivity contribution in [3.63, 3.8) is 0 Å².